The molecule has 84 heavy (non-hydrogen) atoms. The van der Waals surface area contributed by atoms with Gasteiger partial charge in [-0.2, -0.15) is 0 Å². The SMILES string of the molecule is CC(C)(C)c1ccc(N(c2ccc3sc4cc5c(cc4c3c2)C2(c3c-5ccc4oc5ccc(N(c6ccc(C(C)(C)C)cc6)c6cccc7oc8ccccc8c67)cc5c34)C3CC4CC(C3)CC2C4)c2cccc3oc4ccccc4c23)cc1. The summed E-state index contributed by atoms with van der Waals surface area (Å²) in [6.07, 6.45) is 6.54. The molecular formula is C78H64N2O3S. The van der Waals surface area contributed by atoms with Gasteiger partial charge in [-0.3, -0.25) is 0 Å². The Balaban J connectivity index is 0.850. The first kappa shape index (κ1) is 48.9. The minimum absolute atomic E-state index is 0.0168. The van der Waals surface area contributed by atoms with Crippen LogP contribution in [0.1, 0.15) is 95.9 Å². The van der Waals surface area contributed by atoms with Crippen LogP contribution in [0.4, 0.5) is 34.1 Å². The van der Waals surface area contributed by atoms with E-state index < -0.39 is 0 Å². The van der Waals surface area contributed by atoms with Crippen LogP contribution in [0.3, 0.4) is 0 Å². The van der Waals surface area contributed by atoms with Gasteiger partial charge in [-0.05, 0) is 215 Å². The summed E-state index contributed by atoms with van der Waals surface area (Å²) < 4.78 is 22.9. The van der Waals surface area contributed by atoms with Crippen molar-refractivity contribution in [2.75, 3.05) is 9.80 Å². The molecule has 5 aliphatic rings. The number of benzene rings is 10. The molecule has 0 atom stereocenters. The summed E-state index contributed by atoms with van der Waals surface area (Å²) in [4.78, 5) is 4.93. The largest absolute Gasteiger partial charge is 0.456 e. The molecule has 14 aromatic rings. The van der Waals surface area contributed by atoms with Crippen LogP contribution in [0, 0.1) is 23.7 Å². The molecule has 19 rings (SSSR count). The molecule has 6 heteroatoms. The normalized spacial score (nSPS) is 20.1. The predicted octanol–water partition coefficient (Wildman–Crippen LogP) is 23.0. The number of anilines is 6. The molecule has 4 bridgehead atoms. The number of fused-ring (bicyclic) bond motifs is 16. The van der Waals surface area contributed by atoms with Gasteiger partial charge in [0.25, 0.3) is 0 Å². The average molecular weight is 1110 g/mol. The Kier molecular flexibility index (Phi) is 10.1. The number of thiophene rings is 1. The second-order valence-corrected chi connectivity index (χ2v) is 28.3. The Morgan fingerprint density at radius 2 is 0.845 bits per heavy atom. The van der Waals surface area contributed by atoms with Gasteiger partial charge in [-0.15, -0.1) is 11.3 Å². The summed E-state index contributed by atoms with van der Waals surface area (Å²) in [5.74, 6) is 2.69. The fraction of sp³-hybridized carbons (Fsp3) is 0.231. The number of nitrogens with zero attached hydrogens (tertiary/aromatic N) is 2. The first-order chi connectivity index (χ1) is 40.8. The number of para-hydroxylation sites is 2. The van der Waals surface area contributed by atoms with Gasteiger partial charge in [-0.25, -0.2) is 0 Å². The summed E-state index contributed by atoms with van der Waals surface area (Å²) in [7, 11) is 0. The van der Waals surface area contributed by atoms with Crippen LogP contribution < -0.4 is 9.80 Å². The van der Waals surface area contributed by atoms with Crippen molar-refractivity contribution in [1.29, 1.82) is 0 Å². The van der Waals surface area contributed by atoms with E-state index in [1.807, 2.05) is 11.3 Å². The van der Waals surface area contributed by atoms with Gasteiger partial charge in [0.1, 0.15) is 33.5 Å². The lowest BCUT2D eigenvalue weighted by molar-refractivity contribution is -0.0393. The first-order valence-corrected chi connectivity index (χ1v) is 31.3. The maximum absolute atomic E-state index is 7.13. The molecule has 4 saturated carbocycles. The van der Waals surface area contributed by atoms with E-state index in [4.69, 9.17) is 13.3 Å². The second kappa shape index (κ2) is 17.3. The van der Waals surface area contributed by atoms with E-state index in [-0.39, 0.29) is 16.2 Å². The highest BCUT2D eigenvalue weighted by atomic mass is 32.1. The Morgan fingerprint density at radius 3 is 1.40 bits per heavy atom. The van der Waals surface area contributed by atoms with Crippen molar-refractivity contribution in [2.24, 2.45) is 23.7 Å². The monoisotopic (exact) mass is 1110 g/mol. The van der Waals surface area contributed by atoms with Crippen molar-refractivity contribution >= 4 is 131 Å². The third-order valence-electron chi connectivity index (χ3n) is 20.5. The van der Waals surface area contributed by atoms with E-state index in [9.17, 15) is 0 Å². The molecule has 4 aromatic heterocycles. The number of rotatable bonds is 6. The van der Waals surface area contributed by atoms with Crippen molar-refractivity contribution in [3.05, 3.63) is 216 Å². The zero-order chi connectivity index (χ0) is 56.1. The van der Waals surface area contributed by atoms with E-state index in [0.29, 0.717) is 11.8 Å². The highest BCUT2D eigenvalue weighted by Gasteiger charge is 2.62. The van der Waals surface area contributed by atoms with E-state index in [1.54, 1.807) is 5.56 Å². The molecule has 0 unspecified atom stereocenters. The molecule has 410 valence electrons. The summed E-state index contributed by atoms with van der Waals surface area (Å²) in [5, 5.41) is 9.63. The highest BCUT2D eigenvalue weighted by molar-refractivity contribution is 7.25. The Morgan fingerprint density at radius 1 is 0.381 bits per heavy atom. The third kappa shape index (κ3) is 6.89. The quantitative estimate of drug-likeness (QED) is 0.166. The van der Waals surface area contributed by atoms with Gasteiger partial charge in [0.05, 0.1) is 22.1 Å². The number of hydrogen-bond donors (Lipinski definition) is 0. The molecule has 0 amide bonds. The molecular weight excluding hydrogens is 1040 g/mol. The van der Waals surface area contributed by atoms with Crippen LogP contribution in [0.15, 0.2) is 207 Å². The standard InChI is InChI=1S/C78H64N2O3S/c1-76(2,3)46-21-25-50(26-22-46)79(62-15-11-19-67-72(62)55-13-7-9-17-64(55)81-67)52-29-32-66-60(41-52)74-69(83-66)33-31-54-57-43-71-59(42-61(57)78(75(54)74)48-36-44-35-45(38-48)39-49(78)37-44)58-40-53(30-34-70(58)84-71)80(51-27-23-47(24-28-51)77(4,5)6)63-16-12-20-68-73(63)56-14-8-10-18-65(56)82-68/h7-34,40-45,48-49H,35-39H2,1-6H3. The second-order valence-electron chi connectivity index (χ2n) is 27.3. The fourth-order valence-electron chi connectivity index (χ4n) is 17.0. The van der Waals surface area contributed by atoms with Crippen molar-refractivity contribution in [3.8, 4) is 11.1 Å². The van der Waals surface area contributed by atoms with Crippen molar-refractivity contribution < 1.29 is 13.3 Å². The predicted molar refractivity (Wildman–Crippen MR) is 351 cm³/mol. The van der Waals surface area contributed by atoms with Crippen LogP contribution in [0.2, 0.25) is 0 Å². The molecule has 0 N–H and O–H groups in total. The molecule has 1 spiro atoms. The number of hydrogen-bond acceptors (Lipinski definition) is 6. The van der Waals surface area contributed by atoms with Crippen LogP contribution >= 0.6 is 11.3 Å². The minimum atomic E-state index is -0.146. The average Bonchev–Trinajstić information content (AvgIpc) is 1.48. The summed E-state index contributed by atoms with van der Waals surface area (Å²) in [6.45, 7) is 13.7. The molecule has 0 radical (unpaired) electrons. The van der Waals surface area contributed by atoms with Gasteiger partial charge in [0.2, 0.25) is 0 Å². The number of furan rings is 3. The van der Waals surface area contributed by atoms with E-state index in [2.05, 4.69) is 245 Å². The van der Waals surface area contributed by atoms with Crippen molar-refractivity contribution in [2.45, 2.75) is 89.9 Å². The van der Waals surface area contributed by atoms with Gasteiger partial charge < -0.3 is 23.1 Å². The van der Waals surface area contributed by atoms with Crippen molar-refractivity contribution in [3.63, 3.8) is 0 Å². The van der Waals surface area contributed by atoms with Gasteiger partial charge in [0, 0.05) is 69.9 Å². The lowest BCUT2D eigenvalue weighted by Crippen LogP contribution is -2.55. The summed E-state index contributed by atoms with van der Waals surface area (Å²) in [6, 6.07) is 72.7. The lowest BCUT2D eigenvalue weighted by atomic mass is 9.43. The van der Waals surface area contributed by atoms with Crippen LogP contribution in [0.5, 0.6) is 0 Å². The van der Waals surface area contributed by atoms with E-state index in [1.165, 1.54) is 90.9 Å². The lowest BCUT2D eigenvalue weighted by Gasteiger charge is -2.61. The third-order valence-corrected chi connectivity index (χ3v) is 21.7. The zero-order valence-electron chi connectivity index (χ0n) is 48.3. The van der Waals surface area contributed by atoms with Gasteiger partial charge >= 0.3 is 0 Å². The maximum atomic E-state index is 7.13. The van der Waals surface area contributed by atoms with Gasteiger partial charge in [-0.1, -0.05) is 120 Å². The van der Waals surface area contributed by atoms with Crippen LogP contribution in [-0.2, 0) is 16.2 Å². The smallest absolute Gasteiger partial charge is 0.137 e. The highest BCUT2D eigenvalue weighted by Crippen LogP contribution is 2.71. The van der Waals surface area contributed by atoms with Crippen LogP contribution in [0.25, 0.3) is 97.1 Å². The van der Waals surface area contributed by atoms with E-state index >= 15 is 0 Å². The summed E-state index contributed by atoms with van der Waals surface area (Å²) >= 11 is 1.94. The Hall–Kier alpha value is -8.58. The maximum Gasteiger partial charge on any atom is 0.137 e. The fourth-order valence-corrected chi connectivity index (χ4v) is 18.1. The molecule has 0 aliphatic heterocycles. The topological polar surface area (TPSA) is 45.9 Å². The molecule has 5 aliphatic carbocycles. The van der Waals surface area contributed by atoms with Crippen LogP contribution in [-0.4, -0.2) is 0 Å². The molecule has 10 aromatic carbocycles. The molecule has 0 saturated heterocycles. The molecule has 4 heterocycles. The van der Waals surface area contributed by atoms with Gasteiger partial charge in [0.15, 0.2) is 0 Å². The Labute approximate surface area is 492 Å². The summed E-state index contributed by atoms with van der Waals surface area (Å²) in [5.41, 5.74) is 20.5. The molecule has 4 fully saturated rings. The van der Waals surface area contributed by atoms with Crippen molar-refractivity contribution in [1.82, 2.24) is 0 Å². The zero-order valence-corrected chi connectivity index (χ0v) is 49.2. The Bertz CT molecular complexity index is 5040. The first-order valence-electron chi connectivity index (χ1n) is 30.5. The minimum Gasteiger partial charge on any atom is -0.456 e. The molecule has 5 nitrogen and oxygen atoms in total. The van der Waals surface area contributed by atoms with E-state index in [0.717, 1.165) is 101 Å².